The summed E-state index contributed by atoms with van der Waals surface area (Å²) in [5.74, 6) is -0.0744. The lowest BCUT2D eigenvalue weighted by Crippen LogP contribution is -2.44. The van der Waals surface area contributed by atoms with E-state index in [0.717, 1.165) is 25.9 Å². The van der Waals surface area contributed by atoms with Crippen LogP contribution in [0.15, 0.2) is 29.2 Å². The molecule has 2 N–H and O–H groups in total. The van der Waals surface area contributed by atoms with E-state index in [2.05, 4.69) is 10.0 Å². The van der Waals surface area contributed by atoms with E-state index in [0.29, 0.717) is 5.56 Å². The molecule has 1 amide bonds. The number of nitrogens with zero attached hydrogens (tertiary/aromatic N) is 1. The molecule has 0 aliphatic carbocycles. The van der Waals surface area contributed by atoms with Crippen LogP contribution in [0, 0.1) is 0 Å². The lowest BCUT2D eigenvalue weighted by molar-refractivity contribution is 0.0703. The second kappa shape index (κ2) is 8.49. The molecule has 0 bridgehead atoms. The van der Waals surface area contributed by atoms with Crippen molar-refractivity contribution in [1.29, 1.82) is 0 Å². The lowest BCUT2D eigenvalue weighted by atomic mass is 10.0. The molecule has 1 saturated heterocycles. The molecule has 1 heterocycles. The SMILES string of the molecule is CN(C(=O)c1ccc(S(=O)(=O)NC(C)(C)C)cc1)C1CCNCC1.Cl. The Morgan fingerprint density at radius 2 is 1.68 bits per heavy atom. The molecule has 1 aromatic rings. The van der Waals surface area contributed by atoms with Gasteiger partial charge in [0.15, 0.2) is 0 Å². The second-order valence-electron chi connectivity index (χ2n) is 7.28. The van der Waals surface area contributed by atoms with Gasteiger partial charge in [0, 0.05) is 24.2 Å². The molecule has 1 aliphatic rings. The highest BCUT2D eigenvalue weighted by atomic mass is 35.5. The van der Waals surface area contributed by atoms with E-state index < -0.39 is 15.6 Å². The molecule has 1 fully saturated rings. The number of piperidine rings is 1. The Labute approximate surface area is 156 Å². The number of hydrogen-bond donors (Lipinski definition) is 2. The second-order valence-corrected chi connectivity index (χ2v) is 8.96. The smallest absolute Gasteiger partial charge is 0.253 e. The fourth-order valence-corrected chi connectivity index (χ4v) is 4.22. The van der Waals surface area contributed by atoms with Crippen LogP contribution in [0.1, 0.15) is 44.0 Å². The molecule has 0 radical (unpaired) electrons. The summed E-state index contributed by atoms with van der Waals surface area (Å²) < 4.78 is 27.2. The minimum absolute atomic E-state index is 0. The number of amides is 1. The average Bonchev–Trinajstić information content (AvgIpc) is 2.52. The minimum atomic E-state index is -3.58. The molecule has 1 aromatic carbocycles. The molecule has 0 saturated carbocycles. The zero-order valence-electron chi connectivity index (χ0n) is 15.2. The number of halogens is 1. The summed E-state index contributed by atoms with van der Waals surface area (Å²) >= 11 is 0. The molecule has 8 heteroatoms. The first kappa shape index (κ1) is 21.9. The number of sulfonamides is 1. The van der Waals surface area contributed by atoms with Crippen molar-refractivity contribution in [3.05, 3.63) is 29.8 Å². The Bertz CT molecular complexity index is 678. The molecule has 142 valence electrons. The van der Waals surface area contributed by atoms with Crippen molar-refractivity contribution in [2.24, 2.45) is 0 Å². The van der Waals surface area contributed by atoms with Gasteiger partial charge in [-0.3, -0.25) is 4.79 Å². The third-order valence-corrected chi connectivity index (χ3v) is 5.80. The van der Waals surface area contributed by atoms with E-state index in [1.54, 1.807) is 37.8 Å². The number of carbonyl (C=O) groups excluding carboxylic acids is 1. The monoisotopic (exact) mass is 389 g/mol. The molecule has 25 heavy (non-hydrogen) atoms. The van der Waals surface area contributed by atoms with Gasteiger partial charge in [0.25, 0.3) is 5.91 Å². The predicted molar refractivity (Wildman–Crippen MR) is 102 cm³/mol. The van der Waals surface area contributed by atoms with E-state index in [1.807, 2.05) is 7.05 Å². The standard InChI is InChI=1S/C17H27N3O3S.ClH/c1-17(2,3)19-24(22,23)15-7-5-13(6-8-15)16(21)20(4)14-9-11-18-12-10-14;/h5-8,14,18-19H,9-12H2,1-4H3;1H. The predicted octanol–water partition coefficient (Wildman–Crippen LogP) is 2.01. The van der Waals surface area contributed by atoms with Gasteiger partial charge in [-0.05, 0) is 71.0 Å². The number of carbonyl (C=O) groups is 1. The average molecular weight is 390 g/mol. The van der Waals surface area contributed by atoms with Crippen LogP contribution in [0.25, 0.3) is 0 Å². The first-order chi connectivity index (χ1) is 11.1. The van der Waals surface area contributed by atoms with Crippen LogP contribution in [-0.2, 0) is 10.0 Å². The van der Waals surface area contributed by atoms with Crippen molar-refractivity contribution >= 4 is 28.3 Å². The van der Waals surface area contributed by atoms with Crippen LogP contribution in [0.2, 0.25) is 0 Å². The number of rotatable bonds is 4. The summed E-state index contributed by atoms with van der Waals surface area (Å²) in [4.78, 5) is 14.5. The molecular weight excluding hydrogens is 362 g/mol. The van der Waals surface area contributed by atoms with Gasteiger partial charge < -0.3 is 10.2 Å². The van der Waals surface area contributed by atoms with Crippen LogP contribution < -0.4 is 10.0 Å². The molecule has 2 rings (SSSR count). The topological polar surface area (TPSA) is 78.5 Å². The van der Waals surface area contributed by atoms with Crippen molar-refractivity contribution < 1.29 is 13.2 Å². The summed E-state index contributed by atoms with van der Waals surface area (Å²) in [6.07, 6.45) is 1.87. The summed E-state index contributed by atoms with van der Waals surface area (Å²) in [6.45, 7) is 7.19. The largest absolute Gasteiger partial charge is 0.339 e. The maximum absolute atomic E-state index is 12.6. The molecule has 0 unspecified atom stereocenters. The Balaban J connectivity index is 0.00000312. The highest BCUT2D eigenvalue weighted by Gasteiger charge is 2.25. The van der Waals surface area contributed by atoms with E-state index >= 15 is 0 Å². The van der Waals surface area contributed by atoms with E-state index in [-0.39, 0.29) is 29.3 Å². The van der Waals surface area contributed by atoms with Crippen LogP contribution in [-0.4, -0.2) is 50.9 Å². The maximum atomic E-state index is 12.6. The van der Waals surface area contributed by atoms with Gasteiger partial charge in [0.2, 0.25) is 10.0 Å². The summed E-state index contributed by atoms with van der Waals surface area (Å²) in [5, 5.41) is 3.28. The third-order valence-electron chi connectivity index (χ3n) is 4.03. The Hall–Kier alpha value is -1.15. The van der Waals surface area contributed by atoms with Crippen molar-refractivity contribution in [3.8, 4) is 0 Å². The van der Waals surface area contributed by atoms with Crippen LogP contribution in [0.5, 0.6) is 0 Å². The number of nitrogens with one attached hydrogen (secondary N) is 2. The van der Waals surface area contributed by atoms with Gasteiger partial charge >= 0.3 is 0 Å². The highest BCUT2D eigenvalue weighted by molar-refractivity contribution is 7.89. The Morgan fingerprint density at radius 3 is 2.16 bits per heavy atom. The van der Waals surface area contributed by atoms with E-state index in [4.69, 9.17) is 0 Å². The van der Waals surface area contributed by atoms with Gasteiger partial charge in [0.05, 0.1) is 4.90 Å². The Morgan fingerprint density at radius 1 is 1.16 bits per heavy atom. The van der Waals surface area contributed by atoms with Crippen LogP contribution in [0.4, 0.5) is 0 Å². The minimum Gasteiger partial charge on any atom is -0.339 e. The van der Waals surface area contributed by atoms with Gasteiger partial charge in [0.1, 0.15) is 0 Å². The first-order valence-electron chi connectivity index (χ1n) is 8.22. The number of benzene rings is 1. The summed E-state index contributed by atoms with van der Waals surface area (Å²) in [6, 6.07) is 6.35. The van der Waals surface area contributed by atoms with Crippen molar-refractivity contribution in [2.75, 3.05) is 20.1 Å². The Kier molecular flexibility index (Phi) is 7.43. The van der Waals surface area contributed by atoms with Gasteiger partial charge in [-0.1, -0.05) is 0 Å². The molecule has 0 spiro atoms. The van der Waals surface area contributed by atoms with Gasteiger partial charge in [-0.15, -0.1) is 12.4 Å². The first-order valence-corrected chi connectivity index (χ1v) is 9.70. The zero-order chi connectivity index (χ0) is 18.0. The zero-order valence-corrected chi connectivity index (χ0v) is 16.8. The fourth-order valence-electron chi connectivity index (χ4n) is 2.80. The summed E-state index contributed by atoms with van der Waals surface area (Å²) in [5.41, 5.74) is -0.0477. The number of hydrogen-bond acceptors (Lipinski definition) is 4. The summed E-state index contributed by atoms with van der Waals surface area (Å²) in [7, 11) is -1.77. The van der Waals surface area contributed by atoms with Crippen molar-refractivity contribution in [1.82, 2.24) is 14.9 Å². The maximum Gasteiger partial charge on any atom is 0.253 e. The van der Waals surface area contributed by atoms with Crippen molar-refractivity contribution in [2.45, 2.75) is 50.1 Å². The van der Waals surface area contributed by atoms with Crippen LogP contribution in [0.3, 0.4) is 0 Å². The van der Waals surface area contributed by atoms with Gasteiger partial charge in [-0.2, -0.15) is 0 Å². The quantitative estimate of drug-likeness (QED) is 0.825. The van der Waals surface area contributed by atoms with Crippen LogP contribution >= 0.6 is 12.4 Å². The van der Waals surface area contributed by atoms with Gasteiger partial charge in [-0.25, -0.2) is 13.1 Å². The molecular formula is C17H28ClN3O3S. The normalized spacial score (nSPS) is 16.2. The van der Waals surface area contributed by atoms with E-state index in [1.165, 1.54) is 12.1 Å². The molecule has 6 nitrogen and oxygen atoms in total. The van der Waals surface area contributed by atoms with Crippen molar-refractivity contribution in [3.63, 3.8) is 0 Å². The molecule has 0 atom stereocenters. The lowest BCUT2D eigenvalue weighted by Gasteiger charge is -2.31. The fraction of sp³-hybridized carbons (Fsp3) is 0.588. The van der Waals surface area contributed by atoms with E-state index in [9.17, 15) is 13.2 Å². The molecule has 0 aromatic heterocycles. The highest BCUT2D eigenvalue weighted by Crippen LogP contribution is 2.17. The molecule has 1 aliphatic heterocycles. The third kappa shape index (κ3) is 5.95.